The summed E-state index contributed by atoms with van der Waals surface area (Å²) >= 11 is 6.25. The highest BCUT2D eigenvalue weighted by atomic mass is 35.5. The van der Waals surface area contributed by atoms with Gasteiger partial charge in [0.05, 0.1) is 0 Å². The number of benzene rings is 2. The minimum Gasteiger partial charge on any atom is -0.480 e. The number of aliphatic carboxylic acids is 1. The molecule has 3 rings (SSSR count). The number of para-hydroxylation sites is 1. The second kappa shape index (κ2) is 6.44. The maximum absolute atomic E-state index is 11.0. The van der Waals surface area contributed by atoms with Crippen LogP contribution < -0.4 is 5.73 Å². The van der Waals surface area contributed by atoms with Crippen LogP contribution in [0.4, 0.5) is 0 Å². The standard InChI is InChI=1S/C18H17ClN2O2/c19-15-7-3-1-5-12(15)10-21-11-13(9-16(20)18(22)23)14-6-2-4-8-17(14)21/h1-8,11,16H,9-10,20H2,(H,22,23). The van der Waals surface area contributed by atoms with Gasteiger partial charge in [-0.25, -0.2) is 0 Å². The Kier molecular flexibility index (Phi) is 4.37. The molecule has 0 bridgehead atoms. The number of nitrogens with zero attached hydrogens (tertiary/aromatic N) is 1. The van der Waals surface area contributed by atoms with Crippen molar-refractivity contribution in [2.75, 3.05) is 0 Å². The van der Waals surface area contributed by atoms with Crippen LogP contribution in [0.15, 0.2) is 54.7 Å². The van der Waals surface area contributed by atoms with E-state index < -0.39 is 12.0 Å². The molecule has 1 atom stereocenters. The van der Waals surface area contributed by atoms with Crippen molar-refractivity contribution >= 4 is 28.5 Å². The number of nitrogens with two attached hydrogens (primary N) is 1. The molecule has 5 heteroatoms. The van der Waals surface area contributed by atoms with Crippen molar-refractivity contribution in [3.63, 3.8) is 0 Å². The fourth-order valence-corrected chi connectivity index (χ4v) is 2.95. The Labute approximate surface area is 139 Å². The highest BCUT2D eigenvalue weighted by Gasteiger charge is 2.16. The molecule has 0 saturated carbocycles. The Morgan fingerprint density at radius 1 is 1.13 bits per heavy atom. The van der Waals surface area contributed by atoms with Crippen LogP contribution in [0.25, 0.3) is 10.9 Å². The maximum Gasteiger partial charge on any atom is 0.320 e. The van der Waals surface area contributed by atoms with Crippen LogP contribution in [0, 0.1) is 0 Å². The van der Waals surface area contributed by atoms with Crippen LogP contribution in [0.3, 0.4) is 0 Å². The van der Waals surface area contributed by atoms with Crippen molar-refractivity contribution in [3.05, 3.63) is 70.9 Å². The first kappa shape index (κ1) is 15.6. The average molecular weight is 329 g/mol. The zero-order chi connectivity index (χ0) is 16.4. The van der Waals surface area contributed by atoms with Crippen LogP contribution in [0.2, 0.25) is 5.02 Å². The molecule has 1 unspecified atom stereocenters. The number of halogens is 1. The Morgan fingerprint density at radius 2 is 1.83 bits per heavy atom. The molecule has 0 aliphatic rings. The van der Waals surface area contributed by atoms with E-state index in [1.54, 1.807) is 0 Å². The van der Waals surface area contributed by atoms with E-state index >= 15 is 0 Å². The number of carboxylic acid groups (broad SMARTS) is 1. The third kappa shape index (κ3) is 3.23. The first-order valence-corrected chi connectivity index (χ1v) is 7.72. The quantitative estimate of drug-likeness (QED) is 0.755. The van der Waals surface area contributed by atoms with Crippen LogP contribution >= 0.6 is 11.6 Å². The molecule has 0 spiro atoms. The second-order valence-corrected chi connectivity index (χ2v) is 5.95. The smallest absolute Gasteiger partial charge is 0.320 e. The van der Waals surface area contributed by atoms with Gasteiger partial charge in [0.25, 0.3) is 0 Å². The second-order valence-electron chi connectivity index (χ2n) is 5.54. The lowest BCUT2D eigenvalue weighted by Gasteiger charge is -2.07. The van der Waals surface area contributed by atoms with Gasteiger partial charge >= 0.3 is 5.97 Å². The SMILES string of the molecule is NC(Cc1cn(Cc2ccccc2Cl)c2ccccc12)C(=O)O. The van der Waals surface area contributed by atoms with E-state index in [9.17, 15) is 4.79 Å². The Morgan fingerprint density at radius 3 is 2.57 bits per heavy atom. The molecule has 0 saturated heterocycles. The van der Waals surface area contributed by atoms with Crippen molar-refractivity contribution in [2.45, 2.75) is 19.0 Å². The molecule has 3 aromatic rings. The highest BCUT2D eigenvalue weighted by Crippen LogP contribution is 2.25. The zero-order valence-corrected chi connectivity index (χ0v) is 13.2. The van der Waals surface area contributed by atoms with Gasteiger partial charge in [0.1, 0.15) is 6.04 Å². The van der Waals surface area contributed by atoms with Crippen molar-refractivity contribution in [1.82, 2.24) is 4.57 Å². The van der Waals surface area contributed by atoms with E-state index in [2.05, 4.69) is 4.57 Å². The Balaban J connectivity index is 2.01. The monoisotopic (exact) mass is 328 g/mol. The first-order chi connectivity index (χ1) is 11.1. The van der Waals surface area contributed by atoms with E-state index in [0.717, 1.165) is 22.0 Å². The molecule has 1 heterocycles. The molecule has 23 heavy (non-hydrogen) atoms. The predicted octanol–water partition coefficient (Wildman–Crippen LogP) is 3.30. The number of hydrogen-bond acceptors (Lipinski definition) is 2. The van der Waals surface area contributed by atoms with Gasteiger partial charge in [0.2, 0.25) is 0 Å². The lowest BCUT2D eigenvalue weighted by molar-refractivity contribution is -0.138. The summed E-state index contributed by atoms with van der Waals surface area (Å²) in [5, 5.41) is 10.8. The van der Waals surface area contributed by atoms with Gasteiger partial charge < -0.3 is 15.4 Å². The zero-order valence-electron chi connectivity index (χ0n) is 12.4. The summed E-state index contributed by atoms with van der Waals surface area (Å²) < 4.78 is 2.08. The summed E-state index contributed by atoms with van der Waals surface area (Å²) in [7, 11) is 0. The van der Waals surface area contributed by atoms with Gasteiger partial charge in [-0.2, -0.15) is 0 Å². The molecule has 0 amide bonds. The summed E-state index contributed by atoms with van der Waals surface area (Å²) in [4.78, 5) is 11.0. The maximum atomic E-state index is 11.0. The third-order valence-corrected chi connectivity index (χ3v) is 4.30. The molecule has 0 aliphatic carbocycles. The normalized spacial score (nSPS) is 12.4. The van der Waals surface area contributed by atoms with Gasteiger partial charge in [0.15, 0.2) is 0 Å². The minimum absolute atomic E-state index is 0.297. The summed E-state index contributed by atoms with van der Waals surface area (Å²) in [5.41, 5.74) is 8.69. The van der Waals surface area contributed by atoms with Gasteiger partial charge in [-0.3, -0.25) is 4.79 Å². The van der Waals surface area contributed by atoms with Crippen molar-refractivity contribution in [3.8, 4) is 0 Å². The average Bonchev–Trinajstić information content (AvgIpc) is 2.88. The molecule has 3 N–H and O–H groups in total. The van der Waals surface area contributed by atoms with Crippen molar-refractivity contribution < 1.29 is 9.90 Å². The van der Waals surface area contributed by atoms with Crippen LogP contribution in [0.5, 0.6) is 0 Å². The van der Waals surface area contributed by atoms with Crippen molar-refractivity contribution in [1.29, 1.82) is 0 Å². The predicted molar refractivity (Wildman–Crippen MR) is 91.8 cm³/mol. The first-order valence-electron chi connectivity index (χ1n) is 7.35. The van der Waals surface area contributed by atoms with Crippen LogP contribution in [-0.2, 0) is 17.8 Å². The molecule has 118 valence electrons. The fourth-order valence-electron chi connectivity index (χ4n) is 2.75. The lowest BCUT2D eigenvalue weighted by atomic mass is 10.1. The summed E-state index contributed by atoms with van der Waals surface area (Å²) in [6.45, 7) is 0.627. The fraction of sp³-hybridized carbons (Fsp3) is 0.167. The number of carbonyl (C=O) groups is 1. The Bertz CT molecular complexity index is 857. The topological polar surface area (TPSA) is 68.2 Å². The number of carboxylic acids is 1. The van der Waals surface area contributed by atoms with E-state index in [1.807, 2.05) is 54.7 Å². The largest absolute Gasteiger partial charge is 0.480 e. The molecular weight excluding hydrogens is 312 g/mol. The van der Waals surface area contributed by atoms with E-state index in [0.29, 0.717) is 18.0 Å². The molecule has 1 aromatic heterocycles. The van der Waals surface area contributed by atoms with Crippen LogP contribution in [-0.4, -0.2) is 21.7 Å². The van der Waals surface area contributed by atoms with E-state index in [4.69, 9.17) is 22.4 Å². The molecule has 0 aliphatic heterocycles. The Hall–Kier alpha value is -2.30. The lowest BCUT2D eigenvalue weighted by Crippen LogP contribution is -2.32. The molecule has 0 fully saturated rings. The van der Waals surface area contributed by atoms with Gasteiger partial charge in [-0.15, -0.1) is 0 Å². The van der Waals surface area contributed by atoms with Gasteiger partial charge in [0, 0.05) is 35.1 Å². The van der Waals surface area contributed by atoms with Crippen LogP contribution in [0.1, 0.15) is 11.1 Å². The highest BCUT2D eigenvalue weighted by molar-refractivity contribution is 6.31. The van der Waals surface area contributed by atoms with Gasteiger partial charge in [-0.05, 0) is 23.3 Å². The number of fused-ring (bicyclic) bond motifs is 1. The molecule has 4 nitrogen and oxygen atoms in total. The summed E-state index contributed by atoms with van der Waals surface area (Å²) in [6.07, 6.45) is 2.27. The van der Waals surface area contributed by atoms with Crippen molar-refractivity contribution in [2.24, 2.45) is 5.73 Å². The molecule has 0 radical (unpaired) electrons. The van der Waals surface area contributed by atoms with Gasteiger partial charge in [-0.1, -0.05) is 48.0 Å². The number of aromatic nitrogens is 1. The minimum atomic E-state index is -0.993. The van der Waals surface area contributed by atoms with E-state index in [1.165, 1.54) is 0 Å². The van der Waals surface area contributed by atoms with E-state index in [-0.39, 0.29) is 0 Å². The summed E-state index contributed by atoms with van der Waals surface area (Å²) in [6, 6.07) is 14.7. The number of hydrogen-bond donors (Lipinski definition) is 2. The summed E-state index contributed by atoms with van der Waals surface area (Å²) in [5.74, 6) is -0.993. The molecule has 2 aromatic carbocycles. The third-order valence-electron chi connectivity index (χ3n) is 3.93. The molecular formula is C18H17ClN2O2. The number of rotatable bonds is 5.